The van der Waals surface area contributed by atoms with E-state index in [1.807, 2.05) is 6.92 Å². The Morgan fingerprint density at radius 3 is 3.29 bits per heavy atom. The lowest BCUT2D eigenvalue weighted by atomic mass is 10.3. The molecule has 1 fully saturated rings. The molecule has 1 aromatic heterocycles. The first-order valence-corrected chi connectivity index (χ1v) is 4.73. The summed E-state index contributed by atoms with van der Waals surface area (Å²) in [6, 6.07) is 1.71. The summed E-state index contributed by atoms with van der Waals surface area (Å²) in [5, 5.41) is 6.82. The number of carbonyl (C=O) groups excluding carboxylic acids is 1. The van der Waals surface area contributed by atoms with Gasteiger partial charge < -0.3 is 10.1 Å². The van der Waals surface area contributed by atoms with E-state index >= 15 is 0 Å². The van der Waals surface area contributed by atoms with Crippen molar-refractivity contribution in [3.63, 3.8) is 0 Å². The first-order valence-electron chi connectivity index (χ1n) is 4.73. The third kappa shape index (κ3) is 1.93. The number of rotatable bonds is 4. The van der Waals surface area contributed by atoms with Gasteiger partial charge in [-0.25, -0.2) is 0 Å². The molecule has 1 aliphatic rings. The Balaban J connectivity index is 1.94. The topological polar surface area (TPSA) is 59.5 Å². The number of nitrogens with zero attached hydrogens (tertiary/aromatic N) is 2. The average Bonchev–Trinajstić information content (AvgIpc) is 2.90. The van der Waals surface area contributed by atoms with Gasteiger partial charge in [-0.15, -0.1) is 0 Å². The van der Waals surface area contributed by atoms with Gasteiger partial charge in [-0.2, -0.15) is 5.10 Å². The van der Waals surface area contributed by atoms with Gasteiger partial charge in [-0.3, -0.25) is 9.48 Å². The molecule has 0 aliphatic carbocycles. The van der Waals surface area contributed by atoms with Crippen molar-refractivity contribution in [3.8, 4) is 0 Å². The van der Waals surface area contributed by atoms with E-state index in [2.05, 4.69) is 10.4 Å². The van der Waals surface area contributed by atoms with Gasteiger partial charge in [-0.1, -0.05) is 0 Å². The van der Waals surface area contributed by atoms with Crippen LogP contribution in [0.15, 0.2) is 12.3 Å². The molecule has 0 saturated carbocycles. The number of aromatic nitrogens is 2. The zero-order valence-electron chi connectivity index (χ0n) is 8.06. The lowest BCUT2D eigenvalue weighted by Crippen LogP contribution is -2.29. The molecule has 0 radical (unpaired) electrons. The second kappa shape index (κ2) is 3.79. The van der Waals surface area contributed by atoms with E-state index in [4.69, 9.17) is 4.74 Å². The number of epoxide rings is 1. The molecule has 1 atom stereocenters. The highest BCUT2D eigenvalue weighted by atomic mass is 16.6. The van der Waals surface area contributed by atoms with E-state index in [1.165, 1.54) is 0 Å². The fourth-order valence-electron chi connectivity index (χ4n) is 1.26. The first kappa shape index (κ1) is 9.21. The van der Waals surface area contributed by atoms with E-state index in [0.717, 1.165) is 6.61 Å². The molecule has 5 nitrogen and oxygen atoms in total. The summed E-state index contributed by atoms with van der Waals surface area (Å²) in [4.78, 5) is 11.6. The summed E-state index contributed by atoms with van der Waals surface area (Å²) in [6.07, 6.45) is 1.85. The van der Waals surface area contributed by atoms with Crippen molar-refractivity contribution in [2.75, 3.05) is 13.2 Å². The number of amides is 1. The van der Waals surface area contributed by atoms with Gasteiger partial charge in [0.05, 0.1) is 12.7 Å². The lowest BCUT2D eigenvalue weighted by molar-refractivity contribution is 0.0939. The van der Waals surface area contributed by atoms with Crippen LogP contribution < -0.4 is 5.32 Å². The second-order valence-electron chi connectivity index (χ2n) is 3.20. The van der Waals surface area contributed by atoms with Gasteiger partial charge in [0, 0.05) is 19.3 Å². The van der Waals surface area contributed by atoms with E-state index in [9.17, 15) is 4.79 Å². The van der Waals surface area contributed by atoms with E-state index in [-0.39, 0.29) is 12.0 Å². The zero-order chi connectivity index (χ0) is 9.97. The van der Waals surface area contributed by atoms with Crippen LogP contribution in [-0.4, -0.2) is 34.9 Å². The summed E-state index contributed by atoms with van der Waals surface area (Å²) in [5.41, 5.74) is 0.605. The fraction of sp³-hybridized carbons (Fsp3) is 0.556. The zero-order valence-corrected chi connectivity index (χ0v) is 8.06. The molecule has 2 rings (SSSR count). The van der Waals surface area contributed by atoms with E-state index < -0.39 is 0 Å². The minimum Gasteiger partial charge on any atom is -0.371 e. The molecule has 76 valence electrons. The third-order valence-electron chi connectivity index (χ3n) is 2.14. The molecule has 1 amide bonds. The van der Waals surface area contributed by atoms with Gasteiger partial charge in [0.15, 0.2) is 0 Å². The molecule has 0 unspecified atom stereocenters. The monoisotopic (exact) mass is 195 g/mol. The van der Waals surface area contributed by atoms with Crippen LogP contribution >= 0.6 is 0 Å². The quantitative estimate of drug-likeness (QED) is 0.690. The van der Waals surface area contributed by atoms with Crippen molar-refractivity contribution in [3.05, 3.63) is 18.0 Å². The molecule has 2 heterocycles. The summed E-state index contributed by atoms with van der Waals surface area (Å²) < 4.78 is 6.67. The smallest absolute Gasteiger partial charge is 0.269 e. The van der Waals surface area contributed by atoms with Gasteiger partial charge in [-0.05, 0) is 13.0 Å². The minimum atomic E-state index is -0.0835. The minimum absolute atomic E-state index is 0.0835. The van der Waals surface area contributed by atoms with E-state index in [1.54, 1.807) is 16.9 Å². The largest absolute Gasteiger partial charge is 0.371 e. The average molecular weight is 195 g/mol. The Bertz CT molecular complexity index is 331. The molecular formula is C9H13N3O2. The molecule has 5 heteroatoms. The van der Waals surface area contributed by atoms with Crippen LogP contribution in [0.25, 0.3) is 0 Å². The Morgan fingerprint density at radius 1 is 1.86 bits per heavy atom. The highest BCUT2D eigenvalue weighted by Gasteiger charge is 2.23. The van der Waals surface area contributed by atoms with Crippen molar-refractivity contribution >= 4 is 5.91 Å². The summed E-state index contributed by atoms with van der Waals surface area (Å²) >= 11 is 0. The van der Waals surface area contributed by atoms with Gasteiger partial charge in [0.2, 0.25) is 0 Å². The molecule has 1 N–H and O–H groups in total. The molecule has 1 saturated heterocycles. The van der Waals surface area contributed by atoms with E-state index in [0.29, 0.717) is 18.8 Å². The van der Waals surface area contributed by atoms with Crippen molar-refractivity contribution in [1.29, 1.82) is 0 Å². The van der Waals surface area contributed by atoms with Crippen molar-refractivity contribution in [2.24, 2.45) is 0 Å². The van der Waals surface area contributed by atoms with Gasteiger partial charge in [0.25, 0.3) is 5.91 Å². The van der Waals surface area contributed by atoms with Crippen LogP contribution in [0.5, 0.6) is 0 Å². The third-order valence-corrected chi connectivity index (χ3v) is 2.14. The first-order chi connectivity index (χ1) is 6.81. The Hall–Kier alpha value is -1.36. The van der Waals surface area contributed by atoms with Crippen LogP contribution in [0.3, 0.4) is 0 Å². The molecule has 0 spiro atoms. The Labute approximate surface area is 82.0 Å². The van der Waals surface area contributed by atoms with Crippen LogP contribution in [0, 0.1) is 0 Å². The number of carbonyl (C=O) groups is 1. The highest BCUT2D eigenvalue weighted by Crippen LogP contribution is 2.07. The predicted octanol–water partition coefficient (Wildman–Crippen LogP) is 0.0316. The maximum absolute atomic E-state index is 11.6. The molecule has 1 aliphatic heterocycles. The normalized spacial score (nSPS) is 19.4. The lowest BCUT2D eigenvalue weighted by Gasteiger charge is -2.04. The van der Waals surface area contributed by atoms with Crippen molar-refractivity contribution in [2.45, 2.75) is 19.6 Å². The summed E-state index contributed by atoms with van der Waals surface area (Å²) in [6.45, 7) is 4.00. The number of hydrogen-bond donors (Lipinski definition) is 1. The van der Waals surface area contributed by atoms with Crippen LogP contribution in [-0.2, 0) is 11.3 Å². The van der Waals surface area contributed by atoms with Crippen LogP contribution in [0.2, 0.25) is 0 Å². The van der Waals surface area contributed by atoms with Gasteiger partial charge >= 0.3 is 0 Å². The van der Waals surface area contributed by atoms with Crippen molar-refractivity contribution in [1.82, 2.24) is 15.1 Å². The van der Waals surface area contributed by atoms with Gasteiger partial charge in [0.1, 0.15) is 5.69 Å². The molecule has 0 aromatic carbocycles. The molecule has 0 bridgehead atoms. The Morgan fingerprint density at radius 2 is 2.64 bits per heavy atom. The molecular weight excluding hydrogens is 182 g/mol. The maximum atomic E-state index is 11.6. The number of hydrogen-bond acceptors (Lipinski definition) is 3. The molecule has 1 aromatic rings. The molecule has 14 heavy (non-hydrogen) atoms. The number of ether oxygens (including phenoxy) is 1. The van der Waals surface area contributed by atoms with Crippen molar-refractivity contribution < 1.29 is 9.53 Å². The SMILES string of the molecule is CCn1nccc1C(=O)NC[C@H]1CO1. The number of nitrogens with one attached hydrogen (secondary N) is 1. The fourth-order valence-corrected chi connectivity index (χ4v) is 1.26. The summed E-state index contributed by atoms with van der Waals surface area (Å²) in [5.74, 6) is -0.0835. The van der Waals surface area contributed by atoms with Crippen LogP contribution in [0.4, 0.5) is 0 Å². The van der Waals surface area contributed by atoms with Crippen LogP contribution in [0.1, 0.15) is 17.4 Å². The Kier molecular flexibility index (Phi) is 2.49. The highest BCUT2D eigenvalue weighted by molar-refractivity contribution is 5.92. The predicted molar refractivity (Wildman–Crippen MR) is 50.0 cm³/mol. The standard InChI is InChI=1S/C9H13N3O2/c1-2-12-8(3-4-11-12)9(13)10-5-7-6-14-7/h3-4,7H,2,5-6H2,1H3,(H,10,13)/t7-/m0/s1. The second-order valence-corrected chi connectivity index (χ2v) is 3.20. The number of aryl methyl sites for hydroxylation is 1. The summed E-state index contributed by atoms with van der Waals surface area (Å²) in [7, 11) is 0. The maximum Gasteiger partial charge on any atom is 0.269 e.